The number of nitrogens with zero attached hydrogens (tertiary/aromatic N) is 4. The van der Waals surface area contributed by atoms with Crippen LogP contribution in [0.1, 0.15) is 12.1 Å². The van der Waals surface area contributed by atoms with Crippen LogP contribution in [0.25, 0.3) is 10.7 Å². The maximum absolute atomic E-state index is 12.4. The zero-order valence-corrected chi connectivity index (χ0v) is 17.1. The molecule has 7 nitrogen and oxygen atoms in total. The fourth-order valence-corrected chi connectivity index (χ4v) is 4.99. The average Bonchev–Trinajstić information content (AvgIpc) is 3.25. The van der Waals surface area contributed by atoms with Crippen LogP contribution in [0.2, 0.25) is 0 Å². The number of benzene rings is 1. The van der Waals surface area contributed by atoms with Crippen LogP contribution >= 0.6 is 23.1 Å². The summed E-state index contributed by atoms with van der Waals surface area (Å²) in [4.78, 5) is 37.2. The number of rotatable bonds is 5. The maximum Gasteiger partial charge on any atom is 0.237 e. The first kappa shape index (κ1) is 18.7. The van der Waals surface area contributed by atoms with Gasteiger partial charge in [0.1, 0.15) is 0 Å². The van der Waals surface area contributed by atoms with Gasteiger partial charge < -0.3 is 14.8 Å². The van der Waals surface area contributed by atoms with Crippen molar-refractivity contribution in [2.75, 3.05) is 22.5 Å². The van der Waals surface area contributed by atoms with E-state index < -0.39 is 0 Å². The van der Waals surface area contributed by atoms with E-state index in [0.29, 0.717) is 17.4 Å². The second kappa shape index (κ2) is 7.76. The Morgan fingerprint density at radius 2 is 2.14 bits per heavy atom. The number of hydrogen-bond acceptors (Lipinski definition) is 6. The number of para-hydroxylation sites is 1. The van der Waals surface area contributed by atoms with Crippen molar-refractivity contribution in [1.29, 1.82) is 0 Å². The van der Waals surface area contributed by atoms with Crippen molar-refractivity contribution in [3.05, 3.63) is 42.4 Å². The molecule has 2 amide bonds. The summed E-state index contributed by atoms with van der Waals surface area (Å²) in [6.45, 7) is 2.25. The van der Waals surface area contributed by atoms with Gasteiger partial charge in [-0.25, -0.2) is 9.97 Å². The summed E-state index contributed by atoms with van der Waals surface area (Å²) in [5.74, 6) is 1.09. The SMILES string of the molecule is Cc1nc(NC(=O)CCN2C(=O)CSc3ccccc32)sc1-c1nccn1C. The molecule has 0 fully saturated rings. The van der Waals surface area contributed by atoms with Crippen molar-refractivity contribution in [3.8, 4) is 10.7 Å². The number of carbonyl (C=O) groups excluding carboxylic acids is 2. The third kappa shape index (κ3) is 3.67. The van der Waals surface area contributed by atoms with Crippen LogP contribution in [-0.4, -0.2) is 38.6 Å². The molecule has 0 atom stereocenters. The second-order valence-electron chi connectivity index (χ2n) is 6.40. The van der Waals surface area contributed by atoms with Crippen LogP contribution in [0.4, 0.5) is 10.8 Å². The summed E-state index contributed by atoms with van der Waals surface area (Å²) >= 11 is 2.93. The topological polar surface area (TPSA) is 80.1 Å². The van der Waals surface area contributed by atoms with Crippen LogP contribution in [0.5, 0.6) is 0 Å². The van der Waals surface area contributed by atoms with Crippen molar-refractivity contribution < 1.29 is 9.59 Å². The predicted octanol–water partition coefficient (Wildman–Crippen LogP) is 3.32. The summed E-state index contributed by atoms with van der Waals surface area (Å²) in [5, 5.41) is 3.39. The summed E-state index contributed by atoms with van der Waals surface area (Å²) in [6.07, 6.45) is 3.82. The zero-order valence-electron chi connectivity index (χ0n) is 15.5. The number of imidazole rings is 1. The van der Waals surface area contributed by atoms with E-state index in [-0.39, 0.29) is 18.2 Å². The Kier molecular flexibility index (Phi) is 5.19. The monoisotopic (exact) mass is 413 g/mol. The van der Waals surface area contributed by atoms with Crippen LogP contribution in [-0.2, 0) is 16.6 Å². The Bertz CT molecular complexity index is 1040. The third-order valence-electron chi connectivity index (χ3n) is 4.44. The molecular weight excluding hydrogens is 394 g/mol. The molecule has 2 aromatic heterocycles. The molecule has 0 saturated carbocycles. The van der Waals surface area contributed by atoms with Gasteiger partial charge in [-0.15, -0.1) is 11.8 Å². The van der Waals surface area contributed by atoms with E-state index >= 15 is 0 Å². The highest BCUT2D eigenvalue weighted by atomic mass is 32.2. The number of nitrogens with one attached hydrogen (secondary N) is 1. The minimum absolute atomic E-state index is 0.0265. The number of aromatic nitrogens is 3. The summed E-state index contributed by atoms with van der Waals surface area (Å²) in [5.41, 5.74) is 1.70. The van der Waals surface area contributed by atoms with E-state index in [1.807, 2.05) is 49.0 Å². The molecule has 28 heavy (non-hydrogen) atoms. The summed E-state index contributed by atoms with van der Waals surface area (Å²) in [7, 11) is 1.92. The van der Waals surface area contributed by atoms with Gasteiger partial charge in [0.05, 0.1) is 22.0 Å². The van der Waals surface area contributed by atoms with Crippen LogP contribution in [0, 0.1) is 6.92 Å². The molecule has 144 valence electrons. The highest BCUT2D eigenvalue weighted by molar-refractivity contribution is 8.00. The molecule has 3 aromatic rings. The number of thioether (sulfide) groups is 1. The Morgan fingerprint density at radius 1 is 1.32 bits per heavy atom. The Labute approximate surface area is 170 Å². The molecule has 0 radical (unpaired) electrons. The van der Waals surface area contributed by atoms with Gasteiger partial charge >= 0.3 is 0 Å². The molecule has 0 spiro atoms. The van der Waals surface area contributed by atoms with E-state index in [0.717, 1.165) is 27.0 Å². The zero-order chi connectivity index (χ0) is 19.7. The van der Waals surface area contributed by atoms with Gasteiger partial charge in [0, 0.05) is 37.3 Å². The molecule has 1 aliphatic heterocycles. The number of thiazole rings is 1. The van der Waals surface area contributed by atoms with Crippen LogP contribution in [0.3, 0.4) is 0 Å². The first-order chi connectivity index (χ1) is 13.5. The van der Waals surface area contributed by atoms with Gasteiger partial charge in [0.15, 0.2) is 11.0 Å². The van der Waals surface area contributed by atoms with Crippen LogP contribution in [0.15, 0.2) is 41.6 Å². The lowest BCUT2D eigenvalue weighted by Crippen LogP contribution is -2.37. The number of anilines is 2. The average molecular weight is 414 g/mol. The quantitative estimate of drug-likeness (QED) is 0.694. The lowest BCUT2D eigenvalue weighted by atomic mass is 10.2. The number of amides is 2. The predicted molar refractivity (Wildman–Crippen MR) is 112 cm³/mol. The molecule has 4 rings (SSSR count). The normalized spacial score (nSPS) is 13.5. The minimum Gasteiger partial charge on any atom is -0.333 e. The Hall–Kier alpha value is -2.65. The first-order valence-electron chi connectivity index (χ1n) is 8.80. The third-order valence-corrected chi connectivity index (χ3v) is 6.55. The lowest BCUT2D eigenvalue weighted by molar-refractivity contribution is -0.117. The van der Waals surface area contributed by atoms with Crippen molar-refractivity contribution >= 4 is 45.7 Å². The first-order valence-corrected chi connectivity index (χ1v) is 10.6. The van der Waals surface area contributed by atoms with Gasteiger partial charge in [-0.1, -0.05) is 23.5 Å². The van der Waals surface area contributed by atoms with E-state index in [2.05, 4.69) is 15.3 Å². The lowest BCUT2D eigenvalue weighted by Gasteiger charge is -2.28. The van der Waals surface area contributed by atoms with Gasteiger partial charge in [0.25, 0.3) is 0 Å². The number of aryl methyl sites for hydroxylation is 2. The maximum atomic E-state index is 12.4. The molecule has 0 saturated heterocycles. The Balaban J connectivity index is 1.42. The molecule has 1 N–H and O–H groups in total. The highest BCUT2D eigenvalue weighted by Gasteiger charge is 2.25. The molecular formula is C19H19N5O2S2. The molecule has 1 aliphatic rings. The van der Waals surface area contributed by atoms with E-state index in [1.165, 1.54) is 23.1 Å². The van der Waals surface area contributed by atoms with Gasteiger partial charge in [-0.2, -0.15) is 0 Å². The molecule has 0 bridgehead atoms. The molecule has 3 heterocycles. The Morgan fingerprint density at radius 3 is 2.93 bits per heavy atom. The number of carbonyl (C=O) groups is 2. The smallest absolute Gasteiger partial charge is 0.237 e. The van der Waals surface area contributed by atoms with Crippen molar-refractivity contribution in [2.24, 2.45) is 7.05 Å². The molecule has 9 heteroatoms. The standard InChI is InChI=1S/C19H19N5O2S2/c1-12-17(18-20-8-10-23(18)2)28-19(21-12)22-15(25)7-9-24-13-5-3-4-6-14(13)27-11-16(24)26/h3-6,8,10H,7,9,11H2,1-2H3,(H,21,22,25). The largest absolute Gasteiger partial charge is 0.333 e. The van der Waals surface area contributed by atoms with Gasteiger partial charge in [0.2, 0.25) is 11.8 Å². The summed E-state index contributed by atoms with van der Waals surface area (Å²) < 4.78 is 1.92. The fraction of sp³-hybridized carbons (Fsp3) is 0.263. The van der Waals surface area contributed by atoms with Crippen molar-refractivity contribution in [1.82, 2.24) is 14.5 Å². The molecule has 0 unspecified atom stereocenters. The van der Waals surface area contributed by atoms with E-state index in [1.54, 1.807) is 11.1 Å². The second-order valence-corrected chi connectivity index (χ2v) is 8.41. The van der Waals surface area contributed by atoms with Gasteiger partial charge in [-0.3, -0.25) is 9.59 Å². The molecule has 0 aliphatic carbocycles. The fourth-order valence-electron chi connectivity index (χ4n) is 3.04. The van der Waals surface area contributed by atoms with Crippen molar-refractivity contribution in [2.45, 2.75) is 18.2 Å². The summed E-state index contributed by atoms with van der Waals surface area (Å²) in [6, 6.07) is 7.77. The number of hydrogen-bond donors (Lipinski definition) is 1. The van der Waals surface area contributed by atoms with Gasteiger partial charge in [-0.05, 0) is 19.1 Å². The highest BCUT2D eigenvalue weighted by Crippen LogP contribution is 2.35. The van der Waals surface area contributed by atoms with E-state index in [9.17, 15) is 9.59 Å². The molecule has 1 aromatic carbocycles. The van der Waals surface area contributed by atoms with Crippen molar-refractivity contribution in [3.63, 3.8) is 0 Å². The minimum atomic E-state index is -0.163. The van der Waals surface area contributed by atoms with Crippen LogP contribution < -0.4 is 10.2 Å². The van der Waals surface area contributed by atoms with E-state index in [4.69, 9.17) is 0 Å². The number of fused-ring (bicyclic) bond motifs is 1.